The molecule has 95 heavy (non-hydrogen) atoms. The first-order chi connectivity index (χ1) is 47.1. The third-order valence-electron chi connectivity index (χ3n) is 19.9. The van der Waals surface area contributed by atoms with Crippen LogP contribution in [0.1, 0.15) is 44.5 Å². The molecule has 16 aromatic rings. The average Bonchev–Trinajstić information content (AvgIpc) is 1.56. The van der Waals surface area contributed by atoms with Gasteiger partial charge in [-0.2, -0.15) is 0 Å². The minimum Gasteiger partial charge on any atom is -0.456 e. The third kappa shape index (κ3) is 7.71. The minimum absolute atomic E-state index is 0.611. The van der Waals surface area contributed by atoms with Gasteiger partial charge in [-0.25, -0.2) is 19.9 Å². The first-order valence-electron chi connectivity index (χ1n) is 32.1. The van der Waals surface area contributed by atoms with Crippen molar-refractivity contribution in [2.75, 3.05) is 0 Å². The molecule has 0 fully saturated rings. The molecule has 6 heterocycles. The monoisotopic (exact) mass is 1230 g/mol. The second kappa shape index (κ2) is 20.6. The largest absolute Gasteiger partial charge is 0.456 e. The van der Waals surface area contributed by atoms with Crippen LogP contribution in [0.25, 0.3) is 121 Å². The molecule has 7 nitrogen and oxygen atoms in total. The molecule has 1 atom stereocenters. The molecule has 0 N–H and O–H groups in total. The lowest BCUT2D eigenvalue weighted by molar-refractivity contribution is 0.437. The number of nitrogens with zero attached hydrogens (tertiary/aromatic N) is 5. The summed E-state index contributed by atoms with van der Waals surface area (Å²) < 4.78 is 16.8. The second-order valence-corrected chi connectivity index (χ2v) is 25.9. The minimum atomic E-state index is -0.764. The van der Waals surface area contributed by atoms with Crippen LogP contribution in [0.15, 0.2) is 310 Å². The van der Waals surface area contributed by atoms with E-state index >= 15 is 0 Å². The van der Waals surface area contributed by atoms with Gasteiger partial charge in [0.15, 0.2) is 11.6 Å². The number of fused-ring (bicyclic) bond motifs is 21. The topological polar surface area (TPSA) is 82.9 Å². The van der Waals surface area contributed by atoms with Gasteiger partial charge in [-0.3, -0.25) is 4.98 Å². The van der Waals surface area contributed by atoms with Crippen molar-refractivity contribution in [2.24, 2.45) is 0 Å². The zero-order chi connectivity index (χ0) is 62.3. The van der Waals surface area contributed by atoms with Crippen LogP contribution in [0.3, 0.4) is 0 Å². The molecular formula is C87H51N5O2S. The Balaban J connectivity index is 0.746. The van der Waals surface area contributed by atoms with Crippen molar-refractivity contribution in [3.8, 4) is 124 Å². The molecule has 1 unspecified atom stereocenters. The van der Waals surface area contributed by atoms with Crippen molar-refractivity contribution in [1.82, 2.24) is 24.9 Å². The molecular weight excluding hydrogens is 1180 g/mol. The van der Waals surface area contributed by atoms with E-state index in [-0.39, 0.29) is 0 Å². The maximum atomic E-state index is 7.27. The third-order valence-corrected chi connectivity index (χ3v) is 21.1. The second-order valence-electron chi connectivity index (χ2n) is 24.8. The summed E-state index contributed by atoms with van der Waals surface area (Å²) in [6.07, 6.45) is 1.81. The summed E-state index contributed by atoms with van der Waals surface area (Å²) in [7, 11) is 0. The summed E-state index contributed by atoms with van der Waals surface area (Å²) >= 11 is 1.82. The highest BCUT2D eigenvalue weighted by Crippen LogP contribution is 2.66. The Bertz CT molecular complexity index is 5780. The van der Waals surface area contributed by atoms with Gasteiger partial charge in [0.25, 0.3) is 0 Å². The molecule has 2 spiro atoms. The SMILES string of the molecule is c1ccc(-c2nc(-c3ccc4c(c3)sc3cccc(-c5cccc6c5-c5ccccc5C65c6ccccc6Oc6c(-c7cc(-c8ccccn8)nc(-c8ccccc8)n7)cccc65)c34)cc(-c3cccc4c3Oc3ccccc3C43c4ccccc4-c4ccccc43)n2)cc1. The van der Waals surface area contributed by atoms with E-state index in [4.69, 9.17) is 34.4 Å². The molecule has 4 aliphatic rings. The molecule has 442 valence electrons. The Morgan fingerprint density at radius 2 is 0.726 bits per heavy atom. The summed E-state index contributed by atoms with van der Waals surface area (Å²) in [5.74, 6) is 4.43. The Kier molecular flexibility index (Phi) is 11.6. The fourth-order valence-electron chi connectivity index (χ4n) is 16.1. The van der Waals surface area contributed by atoms with Crippen LogP contribution in [-0.4, -0.2) is 24.9 Å². The van der Waals surface area contributed by atoms with Gasteiger partial charge < -0.3 is 9.47 Å². The van der Waals surface area contributed by atoms with Crippen LogP contribution in [-0.2, 0) is 10.8 Å². The highest BCUT2D eigenvalue weighted by atomic mass is 32.1. The molecule has 0 radical (unpaired) electrons. The maximum absolute atomic E-state index is 7.27. The normalized spacial score (nSPS) is 14.6. The first-order valence-corrected chi connectivity index (χ1v) is 32.9. The molecule has 0 amide bonds. The Morgan fingerprint density at radius 3 is 1.34 bits per heavy atom. The number of hydrogen-bond acceptors (Lipinski definition) is 8. The highest BCUT2D eigenvalue weighted by Gasteiger charge is 2.54. The molecule has 0 saturated heterocycles. The molecule has 0 bridgehead atoms. The van der Waals surface area contributed by atoms with Crippen molar-refractivity contribution < 1.29 is 9.47 Å². The summed E-state index contributed by atoms with van der Waals surface area (Å²) in [6.45, 7) is 0. The van der Waals surface area contributed by atoms with E-state index in [9.17, 15) is 0 Å². The van der Waals surface area contributed by atoms with Crippen molar-refractivity contribution in [3.63, 3.8) is 0 Å². The van der Waals surface area contributed by atoms with Gasteiger partial charge in [0.1, 0.15) is 23.0 Å². The van der Waals surface area contributed by atoms with Gasteiger partial charge >= 0.3 is 0 Å². The molecule has 20 rings (SSSR count). The molecule has 2 aliphatic carbocycles. The van der Waals surface area contributed by atoms with E-state index < -0.39 is 10.8 Å². The number of pyridine rings is 1. The Morgan fingerprint density at radius 1 is 0.274 bits per heavy atom. The highest BCUT2D eigenvalue weighted by molar-refractivity contribution is 7.26. The van der Waals surface area contributed by atoms with E-state index in [1.165, 1.54) is 75.8 Å². The van der Waals surface area contributed by atoms with E-state index in [0.717, 1.165) is 102 Å². The van der Waals surface area contributed by atoms with Gasteiger partial charge in [0, 0.05) is 76.4 Å². The van der Waals surface area contributed by atoms with Crippen LogP contribution in [0.5, 0.6) is 23.0 Å². The van der Waals surface area contributed by atoms with E-state index in [2.05, 4.69) is 255 Å². The van der Waals surface area contributed by atoms with Crippen molar-refractivity contribution >= 4 is 31.5 Å². The number of rotatable bonds is 7. The van der Waals surface area contributed by atoms with Crippen molar-refractivity contribution in [2.45, 2.75) is 10.8 Å². The Labute approximate surface area is 551 Å². The summed E-state index contributed by atoms with van der Waals surface area (Å²) in [5.41, 5.74) is 23.5. The number of para-hydroxylation sites is 4. The zero-order valence-corrected chi connectivity index (χ0v) is 51.7. The standard InChI is InChI=1S/C87H51N5O2S/c1-3-23-52(24-4-1)84-89-72(50-73(90-84)60-32-20-40-69-82(60)93-76-43-15-13-37-66(76)86(69)63-34-10-7-27-55(63)56-28-8-11-35-64(56)86)54-46-47-62-79(49-54)95-78-45-22-31-58(81(62)78)57-30-19-39-68-80(57)59-29-9-12-36-65(59)87(68)67-38-14-16-44-77(67)94-83-61(33-21-41-70(83)87)74-51-75(71-42-17-18-48-88-71)92-85(91-74)53-25-5-2-6-26-53/h1-51H. The predicted molar refractivity (Wildman–Crippen MR) is 381 cm³/mol. The molecule has 8 heteroatoms. The number of aromatic nitrogens is 5. The fourth-order valence-corrected chi connectivity index (χ4v) is 17.3. The number of hydrogen-bond donors (Lipinski definition) is 0. The van der Waals surface area contributed by atoms with Crippen LogP contribution in [0.4, 0.5) is 0 Å². The fraction of sp³-hybridized carbons (Fsp3) is 0.0230. The van der Waals surface area contributed by atoms with Gasteiger partial charge in [-0.05, 0) is 116 Å². The summed E-state index contributed by atoms with van der Waals surface area (Å²) in [4.78, 5) is 26.1. The lowest BCUT2D eigenvalue weighted by Crippen LogP contribution is -2.32. The van der Waals surface area contributed by atoms with Crippen LogP contribution >= 0.6 is 11.3 Å². The molecule has 0 saturated carbocycles. The lowest BCUT2D eigenvalue weighted by Gasteiger charge is -2.40. The van der Waals surface area contributed by atoms with Gasteiger partial charge in [0.05, 0.1) is 39.3 Å². The van der Waals surface area contributed by atoms with Gasteiger partial charge in [0.2, 0.25) is 0 Å². The van der Waals surface area contributed by atoms with Crippen LogP contribution in [0.2, 0.25) is 0 Å². The smallest absolute Gasteiger partial charge is 0.160 e. The zero-order valence-electron chi connectivity index (χ0n) is 50.9. The van der Waals surface area contributed by atoms with Crippen molar-refractivity contribution in [3.05, 3.63) is 354 Å². The number of thiophene rings is 1. The number of benzene rings is 12. The van der Waals surface area contributed by atoms with E-state index in [1.807, 2.05) is 59.9 Å². The Hall–Kier alpha value is -12.2. The molecule has 2 aliphatic heterocycles. The molecule has 4 aromatic heterocycles. The van der Waals surface area contributed by atoms with Crippen LogP contribution in [0, 0.1) is 0 Å². The maximum Gasteiger partial charge on any atom is 0.160 e. The molecule has 12 aromatic carbocycles. The van der Waals surface area contributed by atoms with Gasteiger partial charge in [-0.1, -0.05) is 243 Å². The summed E-state index contributed by atoms with van der Waals surface area (Å²) in [5, 5.41) is 2.40. The van der Waals surface area contributed by atoms with Gasteiger partial charge in [-0.15, -0.1) is 11.3 Å². The number of ether oxygens (including phenoxy) is 2. The van der Waals surface area contributed by atoms with Crippen molar-refractivity contribution in [1.29, 1.82) is 0 Å². The van der Waals surface area contributed by atoms with E-state index in [1.54, 1.807) is 6.20 Å². The van der Waals surface area contributed by atoms with Crippen LogP contribution < -0.4 is 9.47 Å². The summed E-state index contributed by atoms with van der Waals surface area (Å²) in [6, 6.07) is 108. The van der Waals surface area contributed by atoms with E-state index in [0.29, 0.717) is 11.6 Å². The quantitative estimate of drug-likeness (QED) is 0.157. The first kappa shape index (κ1) is 53.4. The average molecular weight is 1230 g/mol. The lowest BCUT2D eigenvalue weighted by atomic mass is 9.65. The predicted octanol–water partition coefficient (Wildman–Crippen LogP) is 21.6.